The van der Waals surface area contributed by atoms with E-state index >= 15 is 0 Å². The number of anilines is 2. The molecule has 0 unspecified atom stereocenters. The highest BCUT2D eigenvalue weighted by atomic mass is 32.5. The fourth-order valence-electron chi connectivity index (χ4n) is 1.98. The second-order valence-electron chi connectivity index (χ2n) is 5.17. The van der Waals surface area contributed by atoms with Gasteiger partial charge in [-0.25, -0.2) is 0 Å². The lowest BCUT2D eigenvalue weighted by Crippen LogP contribution is -2.07. The first-order chi connectivity index (χ1) is 12.0. The molecule has 0 fully saturated rings. The van der Waals surface area contributed by atoms with Crippen molar-refractivity contribution in [2.45, 2.75) is 0 Å². The minimum Gasteiger partial charge on any atom is -0.407 e. The maximum atomic E-state index is 5.89. The lowest BCUT2D eigenvalue weighted by molar-refractivity contribution is 0.384. The highest BCUT2D eigenvalue weighted by Gasteiger charge is 2.26. The Morgan fingerprint density at radius 3 is 1.32 bits per heavy atom. The van der Waals surface area contributed by atoms with E-state index < -0.39 is 6.72 Å². The number of hydrogen-bond donors (Lipinski definition) is 2. The number of para-hydroxylation sites is 1. The summed E-state index contributed by atoms with van der Waals surface area (Å²) in [5.74, 6) is 1.60. The first-order valence-corrected chi connectivity index (χ1v) is 10.0. The Bertz CT molecular complexity index is 820. The van der Waals surface area contributed by atoms with Crippen LogP contribution in [-0.2, 0) is 11.8 Å². The number of rotatable bonds is 6. The van der Waals surface area contributed by atoms with Crippen molar-refractivity contribution in [1.82, 2.24) is 0 Å². The van der Waals surface area contributed by atoms with Gasteiger partial charge in [0.25, 0.3) is 0 Å². The monoisotopic (exact) mass is 372 g/mol. The quantitative estimate of drug-likeness (QED) is 0.486. The first kappa shape index (κ1) is 17.1. The Hall–Kier alpha value is -2.69. The highest BCUT2D eigenvalue weighted by molar-refractivity contribution is 8.08. The average molecular weight is 372 g/mol. The molecule has 0 aliphatic rings. The topological polar surface area (TPSA) is 79.7 Å². The van der Waals surface area contributed by atoms with Crippen molar-refractivity contribution in [1.29, 1.82) is 0 Å². The van der Waals surface area contributed by atoms with Gasteiger partial charge in [-0.15, -0.1) is 0 Å². The molecule has 0 saturated heterocycles. The van der Waals surface area contributed by atoms with Gasteiger partial charge in [0, 0.05) is 23.2 Å². The maximum absolute atomic E-state index is 5.89. The second kappa shape index (κ2) is 7.47. The summed E-state index contributed by atoms with van der Waals surface area (Å²) in [7, 11) is 0. The standard InChI is InChI=1S/C18H17N2O3PS/c19-14-6-10-17(11-7-14)22-24(25,21-16-4-2-1-3-5-16)23-18-12-8-15(20)9-13-18/h1-13H,19-20H2. The van der Waals surface area contributed by atoms with Crippen molar-refractivity contribution < 1.29 is 13.6 Å². The molecule has 0 aromatic heterocycles. The maximum Gasteiger partial charge on any atom is 0.490 e. The third-order valence-corrected chi connectivity index (χ3v) is 5.13. The molecule has 25 heavy (non-hydrogen) atoms. The molecule has 0 radical (unpaired) electrons. The molecule has 0 heterocycles. The van der Waals surface area contributed by atoms with Gasteiger partial charge in [-0.2, -0.15) is 0 Å². The van der Waals surface area contributed by atoms with Crippen molar-refractivity contribution in [3.05, 3.63) is 78.9 Å². The summed E-state index contributed by atoms with van der Waals surface area (Å²) in [6, 6.07) is 22.9. The molecule has 0 aliphatic heterocycles. The number of nitrogens with two attached hydrogens (primary N) is 2. The van der Waals surface area contributed by atoms with Gasteiger partial charge >= 0.3 is 6.72 Å². The van der Waals surface area contributed by atoms with Crippen LogP contribution in [0.2, 0.25) is 0 Å². The molecule has 0 aliphatic carbocycles. The molecular formula is C18H17N2O3PS. The Morgan fingerprint density at radius 2 is 0.920 bits per heavy atom. The summed E-state index contributed by atoms with van der Waals surface area (Å²) in [4.78, 5) is 0. The van der Waals surface area contributed by atoms with Gasteiger partial charge in [0.15, 0.2) is 0 Å². The highest BCUT2D eigenvalue weighted by Crippen LogP contribution is 2.50. The van der Waals surface area contributed by atoms with E-state index in [-0.39, 0.29) is 0 Å². The molecule has 0 spiro atoms. The van der Waals surface area contributed by atoms with Gasteiger partial charge in [0.1, 0.15) is 17.2 Å². The summed E-state index contributed by atoms with van der Waals surface area (Å²) in [5, 5.41) is 0. The van der Waals surface area contributed by atoms with Crippen LogP contribution in [0.5, 0.6) is 17.2 Å². The summed E-state index contributed by atoms with van der Waals surface area (Å²) in [6.07, 6.45) is 0. The van der Waals surface area contributed by atoms with E-state index in [9.17, 15) is 0 Å². The largest absolute Gasteiger partial charge is 0.490 e. The summed E-state index contributed by atoms with van der Waals surface area (Å²) in [5.41, 5.74) is 12.7. The molecule has 3 aromatic carbocycles. The van der Waals surface area contributed by atoms with Crippen molar-refractivity contribution in [2.75, 3.05) is 11.5 Å². The second-order valence-corrected chi connectivity index (χ2v) is 7.96. The third-order valence-electron chi connectivity index (χ3n) is 3.16. The van der Waals surface area contributed by atoms with Crippen molar-refractivity contribution in [2.24, 2.45) is 0 Å². The summed E-state index contributed by atoms with van der Waals surface area (Å²) >= 11 is 5.60. The number of hydrogen-bond acceptors (Lipinski definition) is 6. The molecule has 4 N–H and O–H groups in total. The van der Waals surface area contributed by atoms with Crippen LogP contribution in [0, 0.1) is 0 Å². The Balaban J connectivity index is 1.87. The lowest BCUT2D eigenvalue weighted by atomic mass is 10.3. The fraction of sp³-hybridized carbons (Fsp3) is 0. The van der Waals surface area contributed by atoms with Gasteiger partial charge in [-0.05, 0) is 60.7 Å². The van der Waals surface area contributed by atoms with Gasteiger partial charge in [-0.3, -0.25) is 0 Å². The van der Waals surface area contributed by atoms with Crippen molar-refractivity contribution in [3.63, 3.8) is 0 Å². The Morgan fingerprint density at radius 1 is 0.560 bits per heavy atom. The summed E-state index contributed by atoms with van der Waals surface area (Å²) < 4.78 is 17.7. The molecule has 0 atom stereocenters. The SMILES string of the molecule is Nc1ccc(OP(=S)(Oc2ccccc2)Oc2ccc(N)cc2)cc1. The average Bonchev–Trinajstić information content (AvgIpc) is 2.60. The number of nitrogen functional groups attached to an aromatic ring is 2. The molecule has 7 heteroatoms. The normalized spacial score (nSPS) is 10.9. The van der Waals surface area contributed by atoms with E-state index in [1.807, 2.05) is 18.2 Å². The van der Waals surface area contributed by atoms with Gasteiger partial charge in [-0.1, -0.05) is 18.2 Å². The predicted molar refractivity (Wildman–Crippen MR) is 104 cm³/mol. The van der Waals surface area contributed by atoms with Gasteiger partial charge < -0.3 is 25.0 Å². The Kier molecular flexibility index (Phi) is 5.12. The van der Waals surface area contributed by atoms with Crippen LogP contribution < -0.4 is 25.0 Å². The van der Waals surface area contributed by atoms with Crippen molar-refractivity contribution >= 4 is 29.9 Å². The predicted octanol–water partition coefficient (Wildman–Crippen LogP) is 4.61. The molecule has 3 aromatic rings. The summed E-state index contributed by atoms with van der Waals surface area (Å²) in [6.45, 7) is -3.16. The van der Waals surface area contributed by atoms with Crippen LogP contribution >= 0.6 is 6.72 Å². The van der Waals surface area contributed by atoms with Gasteiger partial charge in [0.2, 0.25) is 0 Å². The first-order valence-electron chi connectivity index (χ1n) is 7.47. The van der Waals surface area contributed by atoms with Crippen LogP contribution in [0.3, 0.4) is 0 Å². The van der Waals surface area contributed by atoms with E-state index in [2.05, 4.69) is 0 Å². The number of benzene rings is 3. The minimum atomic E-state index is -3.16. The van der Waals surface area contributed by atoms with Gasteiger partial charge in [0.05, 0.1) is 0 Å². The van der Waals surface area contributed by atoms with Crippen molar-refractivity contribution in [3.8, 4) is 17.2 Å². The zero-order valence-corrected chi connectivity index (χ0v) is 15.0. The van der Waals surface area contributed by atoms with E-state index in [1.54, 1.807) is 60.7 Å². The fourth-order valence-corrected chi connectivity index (χ4v) is 4.01. The minimum absolute atomic E-state index is 0.518. The van der Waals surface area contributed by atoms with E-state index in [0.29, 0.717) is 28.6 Å². The van der Waals surface area contributed by atoms with Crippen LogP contribution in [0.25, 0.3) is 0 Å². The van der Waals surface area contributed by atoms with E-state index in [1.165, 1.54) is 0 Å². The molecule has 5 nitrogen and oxygen atoms in total. The van der Waals surface area contributed by atoms with E-state index in [0.717, 1.165) is 0 Å². The zero-order valence-electron chi connectivity index (χ0n) is 13.2. The molecule has 3 rings (SSSR count). The zero-order chi connectivity index (χ0) is 17.7. The van der Waals surface area contributed by atoms with Crippen LogP contribution in [-0.4, -0.2) is 0 Å². The molecule has 0 amide bonds. The molecule has 128 valence electrons. The van der Waals surface area contributed by atoms with Crippen LogP contribution in [0.4, 0.5) is 11.4 Å². The Labute approximate surface area is 151 Å². The van der Waals surface area contributed by atoms with Crippen LogP contribution in [0.15, 0.2) is 78.9 Å². The molecular weight excluding hydrogens is 355 g/mol. The molecule has 0 bridgehead atoms. The smallest absolute Gasteiger partial charge is 0.407 e. The third kappa shape index (κ3) is 4.89. The molecule has 0 saturated carbocycles. The van der Waals surface area contributed by atoms with E-state index in [4.69, 9.17) is 36.8 Å². The van der Waals surface area contributed by atoms with Crippen LogP contribution in [0.1, 0.15) is 0 Å². The lowest BCUT2D eigenvalue weighted by Gasteiger charge is -2.23.